The Kier molecular flexibility index (Phi) is 4.65. The Morgan fingerprint density at radius 2 is 1.88 bits per heavy atom. The third-order valence-electron chi connectivity index (χ3n) is 3.60. The smallest absolute Gasteiger partial charge is 0.274 e. The van der Waals surface area contributed by atoms with Crippen LogP contribution in [0.15, 0.2) is 49.2 Å². The van der Waals surface area contributed by atoms with Crippen LogP contribution in [0, 0.1) is 19.7 Å². The number of carbonyl (C=O) groups excluding carboxylic acids is 1. The molecular formula is C18H15FN4O2. The molecular weight excluding hydrogens is 323 g/mol. The van der Waals surface area contributed by atoms with Crippen molar-refractivity contribution in [3.63, 3.8) is 0 Å². The van der Waals surface area contributed by atoms with Crippen LogP contribution < -0.4 is 10.1 Å². The van der Waals surface area contributed by atoms with E-state index in [9.17, 15) is 9.18 Å². The number of rotatable bonds is 4. The van der Waals surface area contributed by atoms with Gasteiger partial charge in [-0.25, -0.2) is 19.3 Å². The van der Waals surface area contributed by atoms with E-state index in [1.54, 1.807) is 18.5 Å². The summed E-state index contributed by atoms with van der Waals surface area (Å²) in [6.45, 7) is 3.83. The molecule has 1 aromatic carbocycles. The second kappa shape index (κ2) is 7.04. The zero-order valence-electron chi connectivity index (χ0n) is 13.7. The second-order valence-electron chi connectivity index (χ2n) is 5.41. The van der Waals surface area contributed by atoms with Crippen LogP contribution in [0.25, 0.3) is 0 Å². The van der Waals surface area contributed by atoms with Crippen LogP contribution in [0.4, 0.5) is 10.1 Å². The molecule has 6 nitrogen and oxygen atoms in total. The lowest BCUT2D eigenvalue weighted by Gasteiger charge is -2.13. The van der Waals surface area contributed by atoms with E-state index in [0.717, 1.165) is 17.3 Å². The number of nitrogens with zero attached hydrogens (tertiary/aromatic N) is 3. The lowest BCUT2D eigenvalue weighted by Crippen LogP contribution is -2.14. The number of hydrogen-bond donors (Lipinski definition) is 1. The minimum absolute atomic E-state index is 0.124. The molecule has 0 unspecified atom stereocenters. The van der Waals surface area contributed by atoms with Gasteiger partial charge in [-0.2, -0.15) is 0 Å². The van der Waals surface area contributed by atoms with Gasteiger partial charge in [0.2, 0.25) is 0 Å². The Morgan fingerprint density at radius 1 is 1.12 bits per heavy atom. The zero-order chi connectivity index (χ0) is 17.8. The number of amides is 1. The Hall–Kier alpha value is -3.35. The fourth-order valence-electron chi connectivity index (χ4n) is 2.18. The van der Waals surface area contributed by atoms with E-state index in [0.29, 0.717) is 17.2 Å². The topological polar surface area (TPSA) is 77.0 Å². The van der Waals surface area contributed by atoms with E-state index < -0.39 is 11.7 Å². The number of benzene rings is 1. The summed E-state index contributed by atoms with van der Waals surface area (Å²) in [5.74, 6) is 0.145. The molecule has 2 aromatic heterocycles. The first-order chi connectivity index (χ1) is 12.0. The number of pyridine rings is 1. The van der Waals surface area contributed by atoms with Crippen molar-refractivity contribution < 1.29 is 13.9 Å². The predicted molar refractivity (Wildman–Crippen MR) is 90.2 cm³/mol. The van der Waals surface area contributed by atoms with Crippen molar-refractivity contribution >= 4 is 11.6 Å². The van der Waals surface area contributed by atoms with Gasteiger partial charge in [0.05, 0.1) is 18.6 Å². The molecule has 1 amide bonds. The van der Waals surface area contributed by atoms with E-state index in [-0.39, 0.29) is 5.69 Å². The predicted octanol–water partition coefficient (Wildman–Crippen LogP) is 3.67. The van der Waals surface area contributed by atoms with Crippen molar-refractivity contribution in [1.82, 2.24) is 15.0 Å². The molecule has 7 heteroatoms. The first kappa shape index (κ1) is 16.5. The van der Waals surface area contributed by atoms with Crippen LogP contribution >= 0.6 is 0 Å². The van der Waals surface area contributed by atoms with Gasteiger partial charge in [-0.15, -0.1) is 0 Å². The third-order valence-corrected chi connectivity index (χ3v) is 3.60. The quantitative estimate of drug-likeness (QED) is 0.785. The van der Waals surface area contributed by atoms with Gasteiger partial charge in [0.15, 0.2) is 5.75 Å². The summed E-state index contributed by atoms with van der Waals surface area (Å²) < 4.78 is 18.7. The fraction of sp³-hybridized carbons (Fsp3) is 0.111. The summed E-state index contributed by atoms with van der Waals surface area (Å²) in [6, 6.07) is 6.04. The molecule has 0 radical (unpaired) electrons. The summed E-state index contributed by atoms with van der Waals surface area (Å²) in [7, 11) is 0. The standard InChI is InChI=1S/C18H15FN4O2/c1-11-5-14(23-18(24)16-4-3-13(19)7-22-16)6-17(12(11)2)25-15-8-20-10-21-9-15/h3-10H,1-2H3,(H,23,24). The van der Waals surface area contributed by atoms with Gasteiger partial charge in [0.1, 0.15) is 23.6 Å². The maximum Gasteiger partial charge on any atom is 0.274 e. The Balaban J connectivity index is 1.84. The first-order valence-corrected chi connectivity index (χ1v) is 7.50. The molecule has 3 aromatic rings. The lowest BCUT2D eigenvalue weighted by molar-refractivity contribution is 0.102. The van der Waals surface area contributed by atoms with Crippen molar-refractivity contribution in [2.45, 2.75) is 13.8 Å². The molecule has 0 spiro atoms. The number of carbonyl (C=O) groups is 1. The monoisotopic (exact) mass is 338 g/mol. The SMILES string of the molecule is Cc1cc(NC(=O)c2ccc(F)cn2)cc(Oc2cncnc2)c1C. The highest BCUT2D eigenvalue weighted by Crippen LogP contribution is 2.30. The maximum atomic E-state index is 12.9. The van der Waals surface area contributed by atoms with Gasteiger partial charge in [-0.1, -0.05) is 0 Å². The van der Waals surface area contributed by atoms with Gasteiger partial charge in [-0.3, -0.25) is 4.79 Å². The zero-order valence-corrected chi connectivity index (χ0v) is 13.7. The summed E-state index contributed by atoms with van der Waals surface area (Å²) in [5.41, 5.74) is 2.54. The van der Waals surface area contributed by atoms with Gasteiger partial charge in [-0.05, 0) is 43.2 Å². The van der Waals surface area contributed by atoms with Crippen molar-refractivity contribution in [3.8, 4) is 11.5 Å². The van der Waals surface area contributed by atoms with Gasteiger partial charge >= 0.3 is 0 Å². The van der Waals surface area contributed by atoms with Gasteiger partial charge in [0.25, 0.3) is 5.91 Å². The second-order valence-corrected chi connectivity index (χ2v) is 5.41. The highest BCUT2D eigenvalue weighted by Gasteiger charge is 2.12. The third kappa shape index (κ3) is 3.95. The van der Waals surface area contributed by atoms with E-state index in [1.165, 1.54) is 18.5 Å². The maximum absolute atomic E-state index is 12.9. The van der Waals surface area contributed by atoms with Gasteiger partial charge in [0, 0.05) is 11.8 Å². The number of nitrogens with one attached hydrogen (secondary N) is 1. The number of hydrogen-bond acceptors (Lipinski definition) is 5. The van der Waals surface area contributed by atoms with E-state index in [4.69, 9.17) is 4.74 Å². The van der Waals surface area contributed by atoms with Crippen molar-refractivity contribution in [2.24, 2.45) is 0 Å². The highest BCUT2D eigenvalue weighted by molar-refractivity contribution is 6.03. The largest absolute Gasteiger partial charge is 0.454 e. The minimum atomic E-state index is -0.497. The van der Waals surface area contributed by atoms with E-state index in [2.05, 4.69) is 20.3 Å². The minimum Gasteiger partial charge on any atom is -0.454 e. The summed E-state index contributed by atoms with van der Waals surface area (Å²) in [5, 5.41) is 2.74. The molecule has 0 fully saturated rings. The number of halogens is 1. The number of aromatic nitrogens is 3. The normalized spacial score (nSPS) is 10.4. The molecule has 0 bridgehead atoms. The Morgan fingerprint density at radius 3 is 2.56 bits per heavy atom. The van der Waals surface area contributed by atoms with Crippen LogP contribution in [0.3, 0.4) is 0 Å². The van der Waals surface area contributed by atoms with Crippen molar-refractivity contribution in [2.75, 3.05) is 5.32 Å². The van der Waals surface area contributed by atoms with Crippen molar-refractivity contribution in [1.29, 1.82) is 0 Å². The fourth-order valence-corrected chi connectivity index (χ4v) is 2.18. The molecule has 0 saturated heterocycles. The van der Waals surface area contributed by atoms with E-state index in [1.807, 2.05) is 19.9 Å². The average Bonchev–Trinajstić information content (AvgIpc) is 2.60. The number of ether oxygens (including phenoxy) is 1. The molecule has 126 valence electrons. The Labute approximate surface area is 143 Å². The molecule has 0 aliphatic heterocycles. The molecule has 25 heavy (non-hydrogen) atoms. The summed E-state index contributed by atoms with van der Waals surface area (Å²) in [4.78, 5) is 23.8. The lowest BCUT2D eigenvalue weighted by atomic mass is 10.1. The molecule has 1 N–H and O–H groups in total. The average molecular weight is 338 g/mol. The van der Waals surface area contributed by atoms with Gasteiger partial charge < -0.3 is 10.1 Å². The van der Waals surface area contributed by atoms with Crippen LogP contribution in [0.2, 0.25) is 0 Å². The van der Waals surface area contributed by atoms with E-state index >= 15 is 0 Å². The Bertz CT molecular complexity index is 899. The molecule has 0 saturated carbocycles. The molecule has 0 aliphatic rings. The van der Waals surface area contributed by atoms with Crippen LogP contribution in [0.5, 0.6) is 11.5 Å². The molecule has 3 rings (SSSR count). The van der Waals surface area contributed by atoms with Crippen LogP contribution in [0.1, 0.15) is 21.6 Å². The molecule has 2 heterocycles. The highest BCUT2D eigenvalue weighted by atomic mass is 19.1. The summed E-state index contributed by atoms with van der Waals surface area (Å²) in [6.07, 6.45) is 5.52. The van der Waals surface area contributed by atoms with Crippen LogP contribution in [-0.4, -0.2) is 20.9 Å². The number of anilines is 1. The van der Waals surface area contributed by atoms with Crippen molar-refractivity contribution in [3.05, 3.63) is 71.8 Å². The molecule has 0 aliphatic carbocycles. The molecule has 0 atom stereocenters. The summed E-state index contributed by atoms with van der Waals surface area (Å²) >= 11 is 0. The van der Waals surface area contributed by atoms with Crippen LogP contribution in [-0.2, 0) is 0 Å². The number of aryl methyl sites for hydroxylation is 1. The first-order valence-electron chi connectivity index (χ1n) is 7.50.